The summed E-state index contributed by atoms with van der Waals surface area (Å²) in [6, 6.07) is 2.78. The fraction of sp³-hybridized carbons (Fsp3) is 0.706. The van der Waals surface area contributed by atoms with Gasteiger partial charge in [0.05, 0.1) is 6.61 Å². The van der Waals surface area contributed by atoms with Crippen LogP contribution >= 0.6 is 0 Å². The molecule has 0 aliphatic heterocycles. The van der Waals surface area contributed by atoms with Crippen molar-refractivity contribution in [1.82, 2.24) is 4.98 Å². The molecule has 1 saturated carbocycles. The summed E-state index contributed by atoms with van der Waals surface area (Å²) in [6.45, 7) is 7.74. The quantitative estimate of drug-likeness (QED) is 0.861. The standard InChI is InChI=1S/C17H28N2O/c1-13(2)8-9-19(16-6-4-5-7-16)17-10-14(3)18-11-15(17)12-20/h10-11,13,16,20H,4-9,12H2,1-3H3. The predicted molar refractivity (Wildman–Crippen MR) is 84.0 cm³/mol. The monoisotopic (exact) mass is 276 g/mol. The van der Waals surface area contributed by atoms with Gasteiger partial charge in [0.25, 0.3) is 0 Å². The van der Waals surface area contributed by atoms with Gasteiger partial charge in [-0.2, -0.15) is 0 Å². The number of rotatable bonds is 6. The summed E-state index contributed by atoms with van der Waals surface area (Å²) in [6.07, 6.45) is 8.27. The normalized spacial score (nSPS) is 16.1. The average molecular weight is 276 g/mol. The van der Waals surface area contributed by atoms with Gasteiger partial charge in [0.1, 0.15) is 0 Å². The number of aliphatic hydroxyl groups excluding tert-OH is 1. The van der Waals surface area contributed by atoms with Gasteiger partial charge in [0.15, 0.2) is 0 Å². The van der Waals surface area contributed by atoms with Crippen LogP contribution in [0.4, 0.5) is 5.69 Å². The lowest BCUT2D eigenvalue weighted by molar-refractivity contribution is 0.281. The molecule has 0 aromatic carbocycles. The van der Waals surface area contributed by atoms with Crippen molar-refractivity contribution in [2.75, 3.05) is 11.4 Å². The average Bonchev–Trinajstić information content (AvgIpc) is 2.93. The van der Waals surface area contributed by atoms with Crippen LogP contribution < -0.4 is 4.90 Å². The van der Waals surface area contributed by atoms with Crippen LogP contribution in [-0.4, -0.2) is 22.7 Å². The topological polar surface area (TPSA) is 36.4 Å². The van der Waals surface area contributed by atoms with E-state index in [1.165, 1.54) is 37.8 Å². The molecule has 1 aliphatic carbocycles. The maximum absolute atomic E-state index is 9.61. The van der Waals surface area contributed by atoms with Gasteiger partial charge in [-0.3, -0.25) is 4.98 Å². The molecule has 1 aliphatic rings. The summed E-state index contributed by atoms with van der Waals surface area (Å²) in [4.78, 5) is 6.86. The number of aromatic nitrogens is 1. The van der Waals surface area contributed by atoms with Gasteiger partial charge in [0.2, 0.25) is 0 Å². The lowest BCUT2D eigenvalue weighted by Gasteiger charge is -2.33. The zero-order valence-electron chi connectivity index (χ0n) is 13.1. The Labute approximate surface area is 123 Å². The van der Waals surface area contributed by atoms with E-state index in [1.807, 2.05) is 13.1 Å². The third-order valence-electron chi connectivity index (χ3n) is 4.29. The van der Waals surface area contributed by atoms with Crippen LogP contribution in [-0.2, 0) is 6.61 Å². The zero-order valence-corrected chi connectivity index (χ0v) is 13.1. The minimum Gasteiger partial charge on any atom is -0.392 e. The Morgan fingerprint density at radius 1 is 1.35 bits per heavy atom. The van der Waals surface area contributed by atoms with Gasteiger partial charge in [-0.25, -0.2) is 0 Å². The molecule has 0 radical (unpaired) electrons. The molecule has 1 aromatic heterocycles. The van der Waals surface area contributed by atoms with Crippen LogP contribution in [0.25, 0.3) is 0 Å². The van der Waals surface area contributed by atoms with Crippen molar-refractivity contribution in [3.63, 3.8) is 0 Å². The second kappa shape index (κ2) is 7.07. The lowest BCUT2D eigenvalue weighted by atomic mass is 10.1. The van der Waals surface area contributed by atoms with E-state index in [4.69, 9.17) is 0 Å². The van der Waals surface area contributed by atoms with E-state index in [1.54, 1.807) is 0 Å². The molecule has 1 fully saturated rings. The highest BCUT2D eigenvalue weighted by atomic mass is 16.3. The largest absolute Gasteiger partial charge is 0.392 e. The van der Waals surface area contributed by atoms with Crippen molar-refractivity contribution < 1.29 is 5.11 Å². The molecule has 1 heterocycles. The second-order valence-corrected chi connectivity index (χ2v) is 6.43. The molecule has 0 unspecified atom stereocenters. The molecule has 0 saturated heterocycles. The van der Waals surface area contributed by atoms with Crippen LogP contribution in [0.2, 0.25) is 0 Å². The third kappa shape index (κ3) is 3.72. The van der Waals surface area contributed by atoms with Gasteiger partial charge < -0.3 is 10.0 Å². The van der Waals surface area contributed by atoms with Crippen molar-refractivity contribution in [3.05, 3.63) is 23.5 Å². The molecule has 0 spiro atoms. The fourth-order valence-corrected chi connectivity index (χ4v) is 3.08. The SMILES string of the molecule is Cc1cc(N(CCC(C)C)C2CCCC2)c(CO)cn1. The Balaban J connectivity index is 2.26. The first-order valence-corrected chi connectivity index (χ1v) is 7.95. The molecule has 1 aromatic rings. The Bertz CT molecular complexity index is 425. The first kappa shape index (κ1) is 15.3. The Morgan fingerprint density at radius 2 is 2.05 bits per heavy atom. The predicted octanol–water partition coefficient (Wildman–Crippen LogP) is 3.68. The zero-order chi connectivity index (χ0) is 14.5. The van der Waals surface area contributed by atoms with Crippen molar-refractivity contribution in [2.24, 2.45) is 5.92 Å². The molecular formula is C17H28N2O. The van der Waals surface area contributed by atoms with E-state index in [9.17, 15) is 5.11 Å². The number of hydrogen-bond donors (Lipinski definition) is 1. The summed E-state index contributed by atoms with van der Waals surface area (Å²) in [5.41, 5.74) is 3.20. The molecule has 3 nitrogen and oxygen atoms in total. The van der Waals surface area contributed by atoms with Crippen LogP contribution in [0.15, 0.2) is 12.3 Å². The first-order valence-electron chi connectivity index (χ1n) is 7.95. The van der Waals surface area contributed by atoms with Crippen molar-refractivity contribution in [2.45, 2.75) is 65.5 Å². The van der Waals surface area contributed by atoms with E-state index in [2.05, 4.69) is 29.8 Å². The number of aliphatic hydroxyl groups is 1. The van der Waals surface area contributed by atoms with E-state index in [0.717, 1.165) is 17.8 Å². The van der Waals surface area contributed by atoms with Gasteiger partial charge in [0, 0.05) is 35.7 Å². The lowest BCUT2D eigenvalue weighted by Crippen LogP contribution is -2.35. The fourth-order valence-electron chi connectivity index (χ4n) is 3.08. The second-order valence-electron chi connectivity index (χ2n) is 6.43. The maximum atomic E-state index is 9.61. The van der Waals surface area contributed by atoms with E-state index >= 15 is 0 Å². The highest BCUT2D eigenvalue weighted by molar-refractivity contribution is 5.54. The highest BCUT2D eigenvalue weighted by Gasteiger charge is 2.24. The Hall–Kier alpha value is -1.09. The minimum absolute atomic E-state index is 0.0769. The van der Waals surface area contributed by atoms with Gasteiger partial charge in [-0.05, 0) is 38.2 Å². The van der Waals surface area contributed by atoms with E-state index in [0.29, 0.717) is 12.0 Å². The summed E-state index contributed by atoms with van der Waals surface area (Å²) < 4.78 is 0. The van der Waals surface area contributed by atoms with Crippen LogP contribution in [0, 0.1) is 12.8 Å². The van der Waals surface area contributed by atoms with Crippen molar-refractivity contribution in [1.29, 1.82) is 0 Å². The van der Waals surface area contributed by atoms with Gasteiger partial charge in [-0.15, -0.1) is 0 Å². The molecule has 20 heavy (non-hydrogen) atoms. The summed E-state index contributed by atoms with van der Waals surface area (Å²) in [7, 11) is 0. The van der Waals surface area contributed by atoms with Crippen LogP contribution in [0.5, 0.6) is 0 Å². The van der Waals surface area contributed by atoms with Crippen molar-refractivity contribution in [3.8, 4) is 0 Å². The number of anilines is 1. The molecule has 0 amide bonds. The van der Waals surface area contributed by atoms with Crippen LogP contribution in [0.1, 0.15) is 57.2 Å². The highest BCUT2D eigenvalue weighted by Crippen LogP contribution is 2.31. The number of pyridine rings is 1. The van der Waals surface area contributed by atoms with Gasteiger partial charge >= 0.3 is 0 Å². The Kier molecular flexibility index (Phi) is 5.41. The smallest absolute Gasteiger partial charge is 0.0717 e. The molecule has 2 rings (SSSR count). The molecule has 112 valence electrons. The third-order valence-corrected chi connectivity index (χ3v) is 4.29. The molecule has 0 bridgehead atoms. The Morgan fingerprint density at radius 3 is 2.65 bits per heavy atom. The summed E-state index contributed by atoms with van der Waals surface area (Å²) in [5.74, 6) is 0.708. The van der Waals surface area contributed by atoms with Gasteiger partial charge in [-0.1, -0.05) is 26.7 Å². The summed E-state index contributed by atoms with van der Waals surface area (Å²) in [5, 5.41) is 9.61. The number of nitrogens with zero attached hydrogens (tertiary/aromatic N) is 2. The maximum Gasteiger partial charge on any atom is 0.0717 e. The first-order chi connectivity index (χ1) is 9.61. The summed E-state index contributed by atoms with van der Waals surface area (Å²) >= 11 is 0. The van der Waals surface area contributed by atoms with Crippen molar-refractivity contribution >= 4 is 5.69 Å². The molecular weight excluding hydrogens is 248 g/mol. The molecule has 1 N–H and O–H groups in total. The van der Waals surface area contributed by atoms with E-state index < -0.39 is 0 Å². The van der Waals surface area contributed by atoms with Crippen LogP contribution in [0.3, 0.4) is 0 Å². The number of hydrogen-bond acceptors (Lipinski definition) is 3. The number of aryl methyl sites for hydroxylation is 1. The molecule has 3 heteroatoms. The minimum atomic E-state index is 0.0769. The molecule has 0 atom stereocenters. The van der Waals surface area contributed by atoms with E-state index in [-0.39, 0.29) is 6.61 Å².